The van der Waals surface area contributed by atoms with Crippen molar-refractivity contribution in [2.45, 2.75) is 26.8 Å². The maximum Gasteiger partial charge on any atom is 0.295 e. The Kier molecular flexibility index (Phi) is 3.94. The Hall–Kier alpha value is -2.17. The van der Waals surface area contributed by atoms with Crippen LogP contribution in [0.5, 0.6) is 0 Å². The van der Waals surface area contributed by atoms with Gasteiger partial charge in [-0.25, -0.2) is 4.99 Å². The molecule has 0 aromatic carbocycles. The van der Waals surface area contributed by atoms with E-state index in [2.05, 4.69) is 10.1 Å². The number of nitrogens with zero attached hydrogens (tertiary/aromatic N) is 3. The van der Waals surface area contributed by atoms with Crippen molar-refractivity contribution < 1.29 is 9.53 Å². The first-order valence-electron chi connectivity index (χ1n) is 6.21. The third kappa shape index (κ3) is 2.99. The fourth-order valence-electron chi connectivity index (χ4n) is 1.93. The monoisotopic (exact) mass is 259 g/mol. The Morgan fingerprint density at radius 2 is 2.37 bits per heavy atom. The summed E-state index contributed by atoms with van der Waals surface area (Å²) in [5, 5.41) is 4.25. The van der Waals surface area contributed by atoms with E-state index in [1.54, 1.807) is 17.9 Å². The molecule has 5 heteroatoms. The standard InChI is InChI=1S/C14H17N3O2/c1-4-17-13(8-10(2)16-17)14(18)15-11-6-5-7-12(9-11)19-3/h5-8H,4,9H2,1-3H3. The average Bonchev–Trinajstić information content (AvgIpc) is 2.80. The van der Waals surface area contributed by atoms with Crippen molar-refractivity contribution in [3.8, 4) is 0 Å². The van der Waals surface area contributed by atoms with Gasteiger partial charge in [0.15, 0.2) is 0 Å². The van der Waals surface area contributed by atoms with Gasteiger partial charge in [-0.1, -0.05) is 6.08 Å². The predicted molar refractivity (Wildman–Crippen MR) is 73.3 cm³/mol. The highest BCUT2D eigenvalue weighted by Crippen LogP contribution is 2.12. The summed E-state index contributed by atoms with van der Waals surface area (Å²) >= 11 is 0. The Balaban J connectivity index is 2.21. The molecule has 0 N–H and O–H groups in total. The number of ether oxygens (including phenoxy) is 1. The van der Waals surface area contributed by atoms with Crippen LogP contribution in [0.2, 0.25) is 0 Å². The Labute approximate surface area is 112 Å². The van der Waals surface area contributed by atoms with Crippen molar-refractivity contribution in [3.05, 3.63) is 41.4 Å². The summed E-state index contributed by atoms with van der Waals surface area (Å²) in [4.78, 5) is 16.3. The zero-order chi connectivity index (χ0) is 13.8. The Morgan fingerprint density at radius 3 is 3.05 bits per heavy atom. The predicted octanol–water partition coefficient (Wildman–Crippen LogP) is 2.28. The molecule has 0 saturated heterocycles. The summed E-state index contributed by atoms with van der Waals surface area (Å²) in [5.74, 6) is 0.536. The summed E-state index contributed by atoms with van der Waals surface area (Å²) in [7, 11) is 1.61. The quantitative estimate of drug-likeness (QED) is 0.836. The summed E-state index contributed by atoms with van der Waals surface area (Å²) < 4.78 is 6.83. The van der Waals surface area contributed by atoms with Crippen molar-refractivity contribution in [3.63, 3.8) is 0 Å². The molecule has 100 valence electrons. The van der Waals surface area contributed by atoms with E-state index in [1.165, 1.54) is 0 Å². The summed E-state index contributed by atoms with van der Waals surface area (Å²) in [6.07, 6.45) is 6.05. The van der Waals surface area contributed by atoms with E-state index in [0.29, 0.717) is 24.4 Å². The number of allylic oxidation sites excluding steroid dienone is 4. The van der Waals surface area contributed by atoms with Gasteiger partial charge in [0, 0.05) is 13.0 Å². The van der Waals surface area contributed by atoms with Gasteiger partial charge >= 0.3 is 0 Å². The molecule has 0 unspecified atom stereocenters. The normalized spacial score (nSPS) is 16.6. The van der Waals surface area contributed by atoms with Gasteiger partial charge in [-0.2, -0.15) is 5.10 Å². The van der Waals surface area contributed by atoms with Gasteiger partial charge < -0.3 is 4.74 Å². The van der Waals surface area contributed by atoms with E-state index >= 15 is 0 Å². The maximum absolute atomic E-state index is 12.2. The van der Waals surface area contributed by atoms with Crippen molar-refractivity contribution in [2.75, 3.05) is 7.11 Å². The van der Waals surface area contributed by atoms with Crippen LogP contribution in [-0.4, -0.2) is 28.5 Å². The van der Waals surface area contributed by atoms with Crippen LogP contribution in [0.3, 0.4) is 0 Å². The van der Waals surface area contributed by atoms with Gasteiger partial charge in [0.1, 0.15) is 11.5 Å². The number of aryl methyl sites for hydroxylation is 2. The second-order valence-corrected chi connectivity index (χ2v) is 4.27. The summed E-state index contributed by atoms with van der Waals surface area (Å²) in [5.41, 5.74) is 2.04. The van der Waals surface area contributed by atoms with E-state index in [9.17, 15) is 4.79 Å². The molecule has 1 amide bonds. The van der Waals surface area contributed by atoms with Crippen LogP contribution in [0, 0.1) is 6.92 Å². The molecule has 1 aliphatic carbocycles. The third-order valence-corrected chi connectivity index (χ3v) is 2.85. The molecule has 1 aliphatic rings. The van der Waals surface area contributed by atoms with Crippen molar-refractivity contribution in [1.82, 2.24) is 9.78 Å². The summed E-state index contributed by atoms with van der Waals surface area (Å²) in [6, 6.07) is 1.76. The second-order valence-electron chi connectivity index (χ2n) is 4.27. The number of aromatic nitrogens is 2. The summed E-state index contributed by atoms with van der Waals surface area (Å²) in [6.45, 7) is 4.46. The molecular formula is C14H17N3O2. The minimum absolute atomic E-state index is 0.264. The number of aliphatic imine (C=N–C) groups is 1. The Bertz CT molecular complexity index is 580. The molecule has 1 heterocycles. The van der Waals surface area contributed by atoms with Crippen molar-refractivity contribution in [2.24, 2.45) is 4.99 Å². The molecule has 1 aromatic heterocycles. The molecule has 0 aliphatic heterocycles. The number of hydrogen-bond acceptors (Lipinski definition) is 3. The molecule has 0 saturated carbocycles. The first-order valence-corrected chi connectivity index (χ1v) is 6.21. The smallest absolute Gasteiger partial charge is 0.295 e. The van der Waals surface area contributed by atoms with E-state index in [4.69, 9.17) is 4.74 Å². The zero-order valence-corrected chi connectivity index (χ0v) is 11.4. The molecule has 19 heavy (non-hydrogen) atoms. The molecule has 5 nitrogen and oxygen atoms in total. The first kappa shape index (κ1) is 13.3. The SMILES string of the molecule is CCn1nc(C)cc1C(=O)N=C1C=CC=C(OC)C1. The fourth-order valence-corrected chi connectivity index (χ4v) is 1.93. The molecule has 0 radical (unpaired) electrons. The first-order chi connectivity index (χ1) is 9.13. The number of rotatable bonds is 3. The molecule has 0 spiro atoms. The lowest BCUT2D eigenvalue weighted by Gasteiger charge is -2.09. The molecule has 0 atom stereocenters. The number of hydrogen-bond donors (Lipinski definition) is 0. The molecule has 2 rings (SSSR count). The van der Waals surface area contributed by atoms with Crippen LogP contribution in [0.15, 0.2) is 35.0 Å². The van der Waals surface area contributed by atoms with Crippen LogP contribution in [-0.2, 0) is 11.3 Å². The highest BCUT2D eigenvalue weighted by molar-refractivity contribution is 6.08. The van der Waals surface area contributed by atoms with Gasteiger partial charge in [-0.15, -0.1) is 0 Å². The largest absolute Gasteiger partial charge is 0.501 e. The van der Waals surface area contributed by atoms with Gasteiger partial charge in [0.2, 0.25) is 0 Å². The fraction of sp³-hybridized carbons (Fsp3) is 0.357. The van der Waals surface area contributed by atoms with Crippen molar-refractivity contribution in [1.29, 1.82) is 0 Å². The topological polar surface area (TPSA) is 56.5 Å². The van der Waals surface area contributed by atoms with E-state index < -0.39 is 0 Å². The lowest BCUT2D eigenvalue weighted by molar-refractivity contribution is 0.0992. The van der Waals surface area contributed by atoms with Gasteiger partial charge in [-0.3, -0.25) is 9.48 Å². The van der Waals surface area contributed by atoms with Crippen molar-refractivity contribution >= 4 is 11.6 Å². The minimum Gasteiger partial charge on any atom is -0.501 e. The van der Waals surface area contributed by atoms with E-state index in [0.717, 1.165) is 11.5 Å². The van der Waals surface area contributed by atoms with E-state index in [1.807, 2.05) is 32.1 Å². The van der Waals surface area contributed by atoms with Crippen LogP contribution in [0.25, 0.3) is 0 Å². The lowest BCUT2D eigenvalue weighted by atomic mass is 10.1. The molecular weight excluding hydrogens is 242 g/mol. The van der Waals surface area contributed by atoms with Crippen LogP contribution < -0.4 is 0 Å². The number of carbonyl (C=O) groups is 1. The van der Waals surface area contributed by atoms with Crippen LogP contribution in [0.1, 0.15) is 29.5 Å². The number of amides is 1. The molecule has 0 fully saturated rings. The average molecular weight is 259 g/mol. The highest BCUT2D eigenvalue weighted by atomic mass is 16.5. The van der Waals surface area contributed by atoms with Gasteiger partial charge in [0.25, 0.3) is 5.91 Å². The molecule has 0 bridgehead atoms. The third-order valence-electron chi connectivity index (χ3n) is 2.85. The van der Waals surface area contributed by atoms with Crippen LogP contribution in [0.4, 0.5) is 0 Å². The molecule has 1 aromatic rings. The van der Waals surface area contributed by atoms with Gasteiger partial charge in [0.05, 0.1) is 18.5 Å². The lowest BCUT2D eigenvalue weighted by Crippen LogP contribution is -2.11. The second kappa shape index (κ2) is 5.65. The Morgan fingerprint density at radius 1 is 1.58 bits per heavy atom. The maximum atomic E-state index is 12.2. The number of carbonyl (C=O) groups excluding carboxylic acids is 1. The van der Waals surface area contributed by atoms with Gasteiger partial charge in [-0.05, 0) is 32.1 Å². The minimum atomic E-state index is -0.264. The van der Waals surface area contributed by atoms with E-state index in [-0.39, 0.29) is 5.91 Å². The number of methoxy groups -OCH3 is 1. The van der Waals surface area contributed by atoms with Crippen LogP contribution >= 0.6 is 0 Å². The zero-order valence-electron chi connectivity index (χ0n) is 11.4. The highest BCUT2D eigenvalue weighted by Gasteiger charge is 2.14.